The summed E-state index contributed by atoms with van der Waals surface area (Å²) >= 11 is 0. The van der Waals surface area contributed by atoms with Gasteiger partial charge in [-0.25, -0.2) is 4.98 Å². The molecule has 4 rings (SSSR count). The number of hydrogen-bond acceptors (Lipinski definition) is 4. The average molecular weight is 404 g/mol. The Hall–Kier alpha value is -3.61. The van der Waals surface area contributed by atoms with Gasteiger partial charge in [0, 0.05) is 37.5 Å². The van der Waals surface area contributed by atoms with Gasteiger partial charge in [-0.2, -0.15) is 0 Å². The smallest absolute Gasteiger partial charge is 0.254 e. The van der Waals surface area contributed by atoms with Gasteiger partial charge in [-0.15, -0.1) is 0 Å². The largest absolute Gasteiger partial charge is 0.497 e. The number of fused-ring (bicyclic) bond motifs is 1. The van der Waals surface area contributed by atoms with Crippen molar-refractivity contribution in [2.24, 2.45) is 0 Å². The number of nitrogens with one attached hydrogen (secondary N) is 2. The van der Waals surface area contributed by atoms with Crippen LogP contribution in [0.1, 0.15) is 39.1 Å². The van der Waals surface area contributed by atoms with E-state index in [0.29, 0.717) is 18.5 Å². The van der Waals surface area contributed by atoms with Crippen molar-refractivity contribution in [1.29, 1.82) is 0 Å². The van der Waals surface area contributed by atoms with Crippen LogP contribution >= 0.6 is 0 Å². The Labute approximate surface area is 175 Å². The van der Waals surface area contributed by atoms with E-state index in [4.69, 9.17) is 4.74 Å². The summed E-state index contributed by atoms with van der Waals surface area (Å²) in [7, 11) is 3.36. The molecular weight excluding hydrogens is 380 g/mol. The molecule has 7 nitrogen and oxygen atoms in total. The molecule has 0 saturated carbocycles. The second kappa shape index (κ2) is 8.41. The standard InChI is InChI=1S/C23H24N4O3/c1-27-21(15-7-9-17(30-2)10-8-15)20(18-5-3-4-6-19(18)23(27)29)22(28)25-12-11-16-13-24-14-26-16/h3-10,13-14,20-21H,11-12H2,1-2H3,(H,24,26)(H,25,28)/t20-,21-/m0/s1. The number of imidazole rings is 1. The molecule has 0 aliphatic carbocycles. The molecule has 0 spiro atoms. The van der Waals surface area contributed by atoms with Crippen LogP contribution in [0.4, 0.5) is 0 Å². The lowest BCUT2D eigenvalue weighted by Gasteiger charge is -2.39. The van der Waals surface area contributed by atoms with Crippen LogP contribution in [0, 0.1) is 0 Å². The van der Waals surface area contributed by atoms with Crippen molar-refractivity contribution >= 4 is 11.8 Å². The van der Waals surface area contributed by atoms with Gasteiger partial charge in [0.1, 0.15) is 5.75 Å². The Balaban J connectivity index is 1.66. The van der Waals surface area contributed by atoms with Crippen LogP contribution in [0.2, 0.25) is 0 Å². The maximum atomic E-state index is 13.3. The summed E-state index contributed by atoms with van der Waals surface area (Å²) in [6.07, 6.45) is 4.02. The molecule has 0 saturated heterocycles. The maximum absolute atomic E-state index is 13.3. The minimum absolute atomic E-state index is 0.0899. The van der Waals surface area contributed by atoms with Crippen molar-refractivity contribution in [3.63, 3.8) is 0 Å². The Kier molecular flexibility index (Phi) is 5.52. The van der Waals surface area contributed by atoms with Crippen LogP contribution in [0.25, 0.3) is 0 Å². The van der Waals surface area contributed by atoms with Gasteiger partial charge in [-0.05, 0) is 29.3 Å². The lowest BCUT2D eigenvalue weighted by atomic mass is 9.79. The molecule has 1 aromatic heterocycles. The first-order chi connectivity index (χ1) is 14.6. The summed E-state index contributed by atoms with van der Waals surface area (Å²) < 4.78 is 5.26. The first-order valence-electron chi connectivity index (χ1n) is 9.85. The SMILES string of the molecule is COc1ccc([C@H]2[C@@H](C(=O)NCCc3cnc[nH]3)c3ccccc3C(=O)N2C)cc1. The second-order valence-corrected chi connectivity index (χ2v) is 7.32. The molecule has 154 valence electrons. The van der Waals surface area contributed by atoms with Crippen LogP contribution in [0.5, 0.6) is 5.75 Å². The monoisotopic (exact) mass is 404 g/mol. The fraction of sp³-hybridized carbons (Fsp3) is 0.261. The molecule has 2 heterocycles. The first-order valence-corrected chi connectivity index (χ1v) is 9.85. The average Bonchev–Trinajstić information content (AvgIpc) is 3.29. The zero-order chi connectivity index (χ0) is 21.1. The molecule has 30 heavy (non-hydrogen) atoms. The number of methoxy groups -OCH3 is 1. The lowest BCUT2D eigenvalue weighted by Crippen LogP contribution is -2.46. The molecule has 2 aromatic carbocycles. The van der Waals surface area contributed by atoms with Gasteiger partial charge in [0.15, 0.2) is 0 Å². The van der Waals surface area contributed by atoms with Gasteiger partial charge < -0.3 is 19.9 Å². The van der Waals surface area contributed by atoms with Crippen LogP contribution in [0.15, 0.2) is 61.1 Å². The highest BCUT2D eigenvalue weighted by Crippen LogP contribution is 2.42. The van der Waals surface area contributed by atoms with E-state index >= 15 is 0 Å². The molecule has 1 aliphatic heterocycles. The van der Waals surface area contributed by atoms with E-state index in [9.17, 15) is 9.59 Å². The third-order valence-electron chi connectivity index (χ3n) is 5.57. The van der Waals surface area contributed by atoms with Crippen molar-refractivity contribution in [2.75, 3.05) is 20.7 Å². The number of carbonyl (C=O) groups is 2. The van der Waals surface area contributed by atoms with E-state index in [2.05, 4.69) is 15.3 Å². The summed E-state index contributed by atoms with van der Waals surface area (Å²) in [5.74, 6) is 0.0126. The number of benzene rings is 2. The van der Waals surface area contributed by atoms with E-state index < -0.39 is 12.0 Å². The van der Waals surface area contributed by atoms with E-state index in [1.807, 2.05) is 42.5 Å². The van der Waals surface area contributed by atoms with Crippen LogP contribution in [0.3, 0.4) is 0 Å². The minimum atomic E-state index is -0.515. The zero-order valence-corrected chi connectivity index (χ0v) is 17.0. The molecule has 0 unspecified atom stereocenters. The maximum Gasteiger partial charge on any atom is 0.254 e. The van der Waals surface area contributed by atoms with Crippen molar-refractivity contribution < 1.29 is 14.3 Å². The molecular formula is C23H24N4O3. The number of rotatable bonds is 6. The van der Waals surface area contributed by atoms with Gasteiger partial charge in [0.2, 0.25) is 5.91 Å². The van der Waals surface area contributed by atoms with Crippen LogP contribution in [-0.4, -0.2) is 47.4 Å². The van der Waals surface area contributed by atoms with Crippen molar-refractivity contribution in [2.45, 2.75) is 18.4 Å². The van der Waals surface area contributed by atoms with Crippen LogP contribution < -0.4 is 10.1 Å². The third kappa shape index (κ3) is 3.66. The minimum Gasteiger partial charge on any atom is -0.497 e. The highest BCUT2D eigenvalue weighted by molar-refractivity contribution is 6.01. The fourth-order valence-electron chi connectivity index (χ4n) is 4.03. The van der Waals surface area contributed by atoms with Gasteiger partial charge in [-0.3, -0.25) is 9.59 Å². The number of H-pyrrole nitrogens is 1. The normalized spacial score (nSPS) is 18.1. The Morgan fingerprint density at radius 1 is 1.20 bits per heavy atom. The number of likely N-dealkylation sites (N-methyl/N-ethyl adjacent to an activating group) is 1. The van der Waals surface area contributed by atoms with Gasteiger partial charge >= 0.3 is 0 Å². The summed E-state index contributed by atoms with van der Waals surface area (Å²) in [6, 6.07) is 14.4. The topological polar surface area (TPSA) is 87.3 Å². The van der Waals surface area contributed by atoms with Gasteiger partial charge in [-0.1, -0.05) is 30.3 Å². The fourth-order valence-corrected chi connectivity index (χ4v) is 4.03. The number of ether oxygens (including phenoxy) is 1. The predicted octanol–water partition coefficient (Wildman–Crippen LogP) is 2.69. The van der Waals surface area contributed by atoms with E-state index in [1.54, 1.807) is 37.6 Å². The molecule has 2 amide bonds. The third-order valence-corrected chi connectivity index (χ3v) is 5.57. The van der Waals surface area contributed by atoms with E-state index in [0.717, 1.165) is 22.6 Å². The zero-order valence-electron chi connectivity index (χ0n) is 17.0. The molecule has 0 bridgehead atoms. The molecule has 2 atom stereocenters. The highest BCUT2D eigenvalue weighted by Gasteiger charge is 2.42. The number of aromatic amines is 1. The predicted molar refractivity (Wildman–Crippen MR) is 112 cm³/mol. The summed E-state index contributed by atoms with van der Waals surface area (Å²) in [6.45, 7) is 0.479. The Morgan fingerprint density at radius 3 is 2.67 bits per heavy atom. The number of carbonyl (C=O) groups excluding carboxylic acids is 2. The molecule has 7 heteroatoms. The number of amides is 2. The Morgan fingerprint density at radius 2 is 1.97 bits per heavy atom. The molecule has 1 aliphatic rings. The van der Waals surface area contributed by atoms with E-state index in [-0.39, 0.29) is 11.8 Å². The molecule has 0 radical (unpaired) electrons. The second-order valence-electron chi connectivity index (χ2n) is 7.32. The Bertz CT molecular complexity index is 1030. The molecule has 3 aromatic rings. The lowest BCUT2D eigenvalue weighted by molar-refractivity contribution is -0.124. The first kappa shape index (κ1) is 19.7. The summed E-state index contributed by atoms with van der Waals surface area (Å²) in [5.41, 5.74) is 3.16. The van der Waals surface area contributed by atoms with Gasteiger partial charge in [0.05, 0.1) is 25.4 Å². The van der Waals surface area contributed by atoms with Crippen LogP contribution in [-0.2, 0) is 11.2 Å². The van der Waals surface area contributed by atoms with Crippen molar-refractivity contribution in [1.82, 2.24) is 20.2 Å². The molecule has 2 N–H and O–H groups in total. The van der Waals surface area contributed by atoms with Crippen molar-refractivity contribution in [3.8, 4) is 5.75 Å². The number of nitrogens with zero attached hydrogens (tertiary/aromatic N) is 2. The van der Waals surface area contributed by atoms with E-state index in [1.165, 1.54) is 0 Å². The van der Waals surface area contributed by atoms with Gasteiger partial charge in [0.25, 0.3) is 5.91 Å². The molecule has 0 fully saturated rings. The number of aromatic nitrogens is 2. The summed E-state index contributed by atoms with van der Waals surface area (Å²) in [4.78, 5) is 35.1. The van der Waals surface area contributed by atoms with Crippen molar-refractivity contribution in [3.05, 3.63) is 83.4 Å². The highest BCUT2D eigenvalue weighted by atomic mass is 16.5. The number of hydrogen-bond donors (Lipinski definition) is 2. The quantitative estimate of drug-likeness (QED) is 0.661. The summed E-state index contributed by atoms with van der Waals surface area (Å²) in [5, 5.41) is 3.04.